The van der Waals surface area contributed by atoms with Crippen LogP contribution in [0.1, 0.15) is 36.4 Å². The number of benzene rings is 3. The molecule has 0 unspecified atom stereocenters. The van der Waals surface area contributed by atoms with E-state index in [2.05, 4.69) is 19.2 Å². The molecule has 7 rings (SSSR count). The number of nitrogens with one attached hydrogen (secondary N) is 1. The second kappa shape index (κ2) is 7.71. The fourth-order valence-electron chi connectivity index (χ4n) is 7.02. The van der Waals surface area contributed by atoms with Crippen LogP contribution in [0.15, 0.2) is 71.5 Å². The maximum atomic E-state index is 14.5. The van der Waals surface area contributed by atoms with Crippen molar-refractivity contribution < 1.29 is 9.59 Å². The zero-order valence-corrected chi connectivity index (χ0v) is 21.7. The highest BCUT2D eigenvalue weighted by Gasteiger charge is 2.70. The molecule has 1 aromatic heterocycles. The summed E-state index contributed by atoms with van der Waals surface area (Å²) in [6.45, 7) is 8.05. The van der Waals surface area contributed by atoms with Crippen LogP contribution in [-0.4, -0.2) is 27.4 Å². The molecule has 7 nitrogen and oxygen atoms in total. The van der Waals surface area contributed by atoms with Crippen molar-refractivity contribution in [1.82, 2.24) is 14.9 Å². The summed E-state index contributed by atoms with van der Waals surface area (Å²) in [4.78, 5) is 48.9. The second-order valence-corrected chi connectivity index (χ2v) is 11.1. The predicted molar refractivity (Wildman–Crippen MR) is 145 cm³/mol. The molecule has 0 bridgehead atoms. The van der Waals surface area contributed by atoms with E-state index in [0.29, 0.717) is 28.1 Å². The number of imide groups is 1. The molecule has 3 aliphatic heterocycles. The summed E-state index contributed by atoms with van der Waals surface area (Å²) in [7, 11) is 0. The van der Waals surface area contributed by atoms with Gasteiger partial charge in [-0.1, -0.05) is 61.9 Å². The number of nitrogens with zero attached hydrogens (tertiary/aromatic N) is 3. The lowest BCUT2D eigenvalue weighted by atomic mass is 9.75. The number of carbonyl (C=O) groups is 2. The highest BCUT2D eigenvalue weighted by molar-refractivity contribution is 6.23. The molecule has 3 aliphatic rings. The number of anilines is 1. The lowest BCUT2D eigenvalue weighted by Gasteiger charge is -2.32. The third-order valence-electron chi connectivity index (χ3n) is 8.61. The van der Waals surface area contributed by atoms with Gasteiger partial charge in [0.25, 0.3) is 5.56 Å². The number of amides is 2. The van der Waals surface area contributed by atoms with Crippen LogP contribution in [0.5, 0.6) is 0 Å². The van der Waals surface area contributed by atoms with Crippen molar-refractivity contribution >= 4 is 28.4 Å². The van der Waals surface area contributed by atoms with Gasteiger partial charge in [-0.05, 0) is 49.6 Å². The van der Waals surface area contributed by atoms with Crippen LogP contribution in [0.25, 0.3) is 16.6 Å². The summed E-state index contributed by atoms with van der Waals surface area (Å²) in [5, 5.41) is 4.26. The van der Waals surface area contributed by atoms with Crippen LogP contribution in [0, 0.1) is 31.6 Å². The summed E-state index contributed by atoms with van der Waals surface area (Å²) in [5.74, 6) is -1.25. The monoisotopic (exact) mass is 504 g/mol. The summed E-state index contributed by atoms with van der Waals surface area (Å²) < 4.78 is 1.64. The van der Waals surface area contributed by atoms with Crippen molar-refractivity contribution in [2.24, 2.45) is 17.8 Å². The van der Waals surface area contributed by atoms with Crippen molar-refractivity contribution in [1.29, 1.82) is 0 Å². The number of fused-ring (bicyclic) bond motifs is 8. The van der Waals surface area contributed by atoms with Gasteiger partial charge in [-0.2, -0.15) is 0 Å². The zero-order valence-electron chi connectivity index (χ0n) is 21.7. The molecule has 3 aromatic carbocycles. The molecule has 1 spiro atoms. The van der Waals surface area contributed by atoms with Gasteiger partial charge in [0.15, 0.2) is 0 Å². The molecule has 0 aliphatic carbocycles. The molecule has 0 saturated carbocycles. The maximum Gasteiger partial charge on any atom is 0.266 e. The van der Waals surface area contributed by atoms with Gasteiger partial charge in [0, 0.05) is 11.6 Å². The van der Waals surface area contributed by atoms with E-state index >= 15 is 0 Å². The number of aromatic nitrogens is 2. The summed E-state index contributed by atoms with van der Waals surface area (Å²) >= 11 is 0. The van der Waals surface area contributed by atoms with Crippen molar-refractivity contribution in [2.75, 3.05) is 4.90 Å². The normalized spacial score (nSPS) is 25.5. The largest absolute Gasteiger partial charge is 0.296 e. The summed E-state index contributed by atoms with van der Waals surface area (Å²) in [6, 6.07) is 20.4. The SMILES string of the molecule is Cc1ccc(N2C(=O)[C@H]3[C@@H](C(C)C)N[C@@]4(c5ccccc5-n5c4nc4ccccc4c5=O)[C@H]3C2=O)c(C)c1. The fraction of sp³-hybridized carbons (Fsp3) is 0.290. The van der Waals surface area contributed by atoms with Gasteiger partial charge in [-0.15, -0.1) is 0 Å². The Morgan fingerprint density at radius 1 is 0.895 bits per heavy atom. The molecule has 190 valence electrons. The quantitative estimate of drug-likeness (QED) is 0.418. The van der Waals surface area contributed by atoms with Crippen LogP contribution in [0.3, 0.4) is 0 Å². The second-order valence-electron chi connectivity index (χ2n) is 11.1. The van der Waals surface area contributed by atoms with Crippen molar-refractivity contribution in [3.8, 4) is 5.69 Å². The van der Waals surface area contributed by atoms with E-state index < -0.39 is 17.4 Å². The van der Waals surface area contributed by atoms with E-state index in [1.807, 2.05) is 74.5 Å². The Labute approximate surface area is 220 Å². The minimum Gasteiger partial charge on any atom is -0.296 e. The molecule has 2 amide bonds. The zero-order chi connectivity index (χ0) is 26.5. The van der Waals surface area contributed by atoms with Crippen LogP contribution in [0.2, 0.25) is 0 Å². The van der Waals surface area contributed by atoms with Gasteiger partial charge in [-0.25, -0.2) is 9.88 Å². The summed E-state index contributed by atoms with van der Waals surface area (Å²) in [5.41, 5.74) is 3.36. The average Bonchev–Trinajstić information content (AvgIpc) is 3.49. The Bertz CT molecular complexity index is 1760. The Kier molecular flexibility index (Phi) is 4.68. The Hall–Kier alpha value is -4.10. The number of rotatable bonds is 2. The van der Waals surface area contributed by atoms with E-state index in [1.54, 1.807) is 10.6 Å². The van der Waals surface area contributed by atoms with Gasteiger partial charge in [0.05, 0.1) is 34.1 Å². The molecule has 4 aromatic rings. The maximum absolute atomic E-state index is 14.5. The minimum atomic E-state index is -1.11. The van der Waals surface area contributed by atoms with E-state index in [4.69, 9.17) is 4.98 Å². The van der Waals surface area contributed by atoms with Crippen molar-refractivity contribution in [3.05, 3.63) is 99.6 Å². The number of para-hydroxylation sites is 2. The third kappa shape index (κ3) is 2.72. The lowest BCUT2D eigenvalue weighted by molar-refractivity contribution is -0.123. The molecule has 1 N–H and O–H groups in total. The van der Waals surface area contributed by atoms with E-state index in [9.17, 15) is 14.4 Å². The Morgan fingerprint density at radius 2 is 1.63 bits per heavy atom. The van der Waals surface area contributed by atoms with Crippen molar-refractivity contribution in [2.45, 2.75) is 39.3 Å². The summed E-state index contributed by atoms with van der Waals surface area (Å²) in [6.07, 6.45) is 0. The van der Waals surface area contributed by atoms with E-state index in [0.717, 1.165) is 16.7 Å². The number of carbonyl (C=O) groups excluding carboxylic acids is 2. The van der Waals surface area contributed by atoms with Crippen LogP contribution >= 0.6 is 0 Å². The van der Waals surface area contributed by atoms with Gasteiger partial charge in [0.1, 0.15) is 11.4 Å². The highest BCUT2D eigenvalue weighted by Crippen LogP contribution is 2.56. The number of hydrogen-bond acceptors (Lipinski definition) is 5. The first-order chi connectivity index (χ1) is 18.3. The predicted octanol–water partition coefficient (Wildman–Crippen LogP) is 3.99. The van der Waals surface area contributed by atoms with Gasteiger partial charge in [0.2, 0.25) is 11.8 Å². The smallest absolute Gasteiger partial charge is 0.266 e. The molecule has 38 heavy (non-hydrogen) atoms. The van der Waals surface area contributed by atoms with E-state index in [-0.39, 0.29) is 29.3 Å². The number of aryl methyl sites for hydroxylation is 2. The van der Waals surface area contributed by atoms with Gasteiger partial charge >= 0.3 is 0 Å². The van der Waals surface area contributed by atoms with E-state index in [1.165, 1.54) is 4.90 Å². The molecule has 0 radical (unpaired) electrons. The lowest BCUT2D eigenvalue weighted by Crippen LogP contribution is -2.51. The molecule has 4 heterocycles. The average molecular weight is 505 g/mol. The molecular formula is C31H28N4O3. The third-order valence-corrected chi connectivity index (χ3v) is 8.61. The Balaban J connectivity index is 1.53. The number of hydrogen-bond donors (Lipinski definition) is 1. The topological polar surface area (TPSA) is 84.3 Å². The first-order valence-electron chi connectivity index (χ1n) is 13.1. The highest BCUT2D eigenvalue weighted by atomic mass is 16.2. The molecule has 4 atom stereocenters. The van der Waals surface area contributed by atoms with Crippen LogP contribution < -0.4 is 15.8 Å². The molecule has 2 fully saturated rings. The molecular weight excluding hydrogens is 476 g/mol. The standard InChI is InChI=1S/C31H28N4O3/c1-16(2)26-24-25(29(38)34(28(24)37)22-14-13-17(3)15-18(22)4)31(33-26)20-10-6-8-12-23(20)35-27(36)19-9-5-7-11-21(19)32-30(31)35/h5-16,24-26,33H,1-4H3/t24-,25-,26-,31+/m1/s1. The van der Waals surface area contributed by atoms with Gasteiger partial charge in [-0.3, -0.25) is 24.3 Å². The first-order valence-corrected chi connectivity index (χ1v) is 13.1. The van der Waals surface area contributed by atoms with Crippen LogP contribution in [0.4, 0.5) is 5.69 Å². The van der Waals surface area contributed by atoms with Crippen LogP contribution in [-0.2, 0) is 15.1 Å². The van der Waals surface area contributed by atoms with Gasteiger partial charge < -0.3 is 0 Å². The first kappa shape index (κ1) is 23.0. The molecule has 7 heteroatoms. The minimum absolute atomic E-state index is 0.0612. The van der Waals surface area contributed by atoms with Crippen molar-refractivity contribution in [3.63, 3.8) is 0 Å². The fourth-order valence-corrected chi connectivity index (χ4v) is 7.02. The molecule has 2 saturated heterocycles. The Morgan fingerprint density at radius 3 is 2.39 bits per heavy atom.